The largest absolute Gasteiger partial charge is 0.251 e. The molecule has 0 N–H and O–H groups in total. The van der Waals surface area contributed by atoms with Gasteiger partial charge < -0.3 is 0 Å². The van der Waals surface area contributed by atoms with Crippen molar-refractivity contribution in [2.45, 2.75) is 0 Å². The molecule has 2 heterocycles. The van der Waals surface area contributed by atoms with Gasteiger partial charge in [0.15, 0.2) is 0 Å². The molecule has 0 bridgehead atoms. The van der Waals surface area contributed by atoms with E-state index in [9.17, 15) is 0 Å². The van der Waals surface area contributed by atoms with Crippen molar-refractivity contribution in [2.75, 3.05) is 0 Å². The molecule has 0 unspecified atom stereocenters. The first-order chi connectivity index (χ1) is 5.36. The van der Waals surface area contributed by atoms with Gasteiger partial charge in [0.05, 0.1) is 22.4 Å². The average molecular weight is 230 g/mol. The van der Waals surface area contributed by atoms with Crippen LogP contribution in [0.1, 0.15) is 0 Å². The molecular formula is C6H4BrN3S. The molecule has 56 valence electrons. The maximum absolute atomic E-state index is 4.10. The Morgan fingerprint density at radius 3 is 2.91 bits per heavy atom. The lowest BCUT2D eigenvalue weighted by molar-refractivity contribution is 0.894. The fourth-order valence-electron chi connectivity index (χ4n) is 0.744. The summed E-state index contributed by atoms with van der Waals surface area (Å²) in [6.45, 7) is 0. The van der Waals surface area contributed by atoms with Crippen molar-refractivity contribution in [3.8, 4) is 5.00 Å². The highest BCUT2D eigenvalue weighted by molar-refractivity contribution is 9.10. The highest BCUT2D eigenvalue weighted by Crippen LogP contribution is 2.14. The summed E-state index contributed by atoms with van der Waals surface area (Å²) >= 11 is 4.88. The van der Waals surface area contributed by atoms with Gasteiger partial charge in [-0.25, -0.2) is 4.68 Å². The molecule has 11 heavy (non-hydrogen) atoms. The molecular weight excluding hydrogens is 226 g/mol. The van der Waals surface area contributed by atoms with Crippen LogP contribution in [-0.2, 0) is 0 Å². The molecule has 3 nitrogen and oxygen atoms in total. The van der Waals surface area contributed by atoms with Crippen molar-refractivity contribution in [2.24, 2.45) is 0 Å². The quantitative estimate of drug-likeness (QED) is 0.750. The molecule has 0 spiro atoms. The zero-order valence-electron chi connectivity index (χ0n) is 5.44. The highest BCUT2D eigenvalue weighted by Gasteiger charge is 1.98. The number of hydrogen-bond donors (Lipinski definition) is 0. The fourth-order valence-corrected chi connectivity index (χ4v) is 1.59. The van der Waals surface area contributed by atoms with E-state index in [1.54, 1.807) is 33.9 Å². The number of nitrogens with zero attached hydrogens (tertiary/aromatic N) is 3. The maximum Gasteiger partial charge on any atom is 0.137 e. The van der Waals surface area contributed by atoms with E-state index in [0.717, 1.165) is 9.47 Å². The fraction of sp³-hybridized carbons (Fsp3) is 0. The van der Waals surface area contributed by atoms with Crippen LogP contribution in [0.5, 0.6) is 0 Å². The van der Waals surface area contributed by atoms with E-state index >= 15 is 0 Å². The second-order valence-corrected chi connectivity index (χ2v) is 3.72. The van der Waals surface area contributed by atoms with Gasteiger partial charge in [0.25, 0.3) is 0 Å². The molecule has 0 radical (unpaired) electrons. The van der Waals surface area contributed by atoms with Crippen molar-refractivity contribution in [1.29, 1.82) is 0 Å². The molecule has 0 saturated heterocycles. The summed E-state index contributed by atoms with van der Waals surface area (Å²) < 4.78 is 2.76. The molecule has 0 amide bonds. The predicted molar refractivity (Wildman–Crippen MR) is 46.9 cm³/mol. The lowest BCUT2D eigenvalue weighted by Gasteiger charge is -1.90. The number of halogens is 1. The molecule has 0 fully saturated rings. The lowest BCUT2D eigenvalue weighted by atomic mass is 10.7. The SMILES string of the molecule is Brc1cnn(-c2cncs2)c1. The minimum absolute atomic E-state index is 0.978. The van der Waals surface area contributed by atoms with Crippen LogP contribution < -0.4 is 0 Å². The molecule has 2 rings (SSSR count). The van der Waals surface area contributed by atoms with Crippen LogP contribution in [0.2, 0.25) is 0 Å². The van der Waals surface area contributed by atoms with Crippen LogP contribution in [0.3, 0.4) is 0 Å². The molecule has 0 aliphatic heterocycles. The van der Waals surface area contributed by atoms with E-state index in [0.29, 0.717) is 0 Å². The Bertz CT molecular complexity index is 340. The number of thiazole rings is 1. The van der Waals surface area contributed by atoms with Gasteiger partial charge in [-0.2, -0.15) is 5.10 Å². The lowest BCUT2D eigenvalue weighted by Crippen LogP contribution is -1.88. The predicted octanol–water partition coefficient (Wildman–Crippen LogP) is 2.09. The van der Waals surface area contributed by atoms with Gasteiger partial charge in [0, 0.05) is 6.20 Å². The normalized spacial score (nSPS) is 10.3. The van der Waals surface area contributed by atoms with Gasteiger partial charge >= 0.3 is 0 Å². The van der Waals surface area contributed by atoms with E-state index in [-0.39, 0.29) is 0 Å². The Balaban J connectivity index is 2.45. The number of rotatable bonds is 1. The van der Waals surface area contributed by atoms with Crippen molar-refractivity contribution in [3.63, 3.8) is 0 Å². The second-order valence-electron chi connectivity index (χ2n) is 1.94. The smallest absolute Gasteiger partial charge is 0.137 e. The van der Waals surface area contributed by atoms with Crippen LogP contribution in [0.4, 0.5) is 0 Å². The minimum Gasteiger partial charge on any atom is -0.251 e. The zero-order valence-corrected chi connectivity index (χ0v) is 7.84. The minimum atomic E-state index is 0.978. The molecule has 0 aliphatic carbocycles. The third-order valence-electron chi connectivity index (χ3n) is 1.20. The van der Waals surface area contributed by atoms with Gasteiger partial charge in [0.2, 0.25) is 0 Å². The summed E-state index contributed by atoms with van der Waals surface area (Å²) in [4.78, 5) is 3.95. The summed E-state index contributed by atoms with van der Waals surface area (Å²) in [5, 5.41) is 5.12. The second kappa shape index (κ2) is 2.75. The molecule has 0 aromatic carbocycles. The first-order valence-corrected chi connectivity index (χ1v) is 4.62. The third-order valence-corrected chi connectivity index (χ3v) is 2.37. The third kappa shape index (κ3) is 1.34. The summed E-state index contributed by atoms with van der Waals surface area (Å²) in [7, 11) is 0. The molecule has 5 heteroatoms. The van der Waals surface area contributed by atoms with Gasteiger partial charge in [-0.3, -0.25) is 4.98 Å². The average Bonchev–Trinajstić information content (AvgIpc) is 2.55. The Kier molecular flexibility index (Phi) is 1.75. The van der Waals surface area contributed by atoms with Crippen LogP contribution in [0, 0.1) is 0 Å². The Hall–Kier alpha value is -0.680. The Morgan fingerprint density at radius 1 is 1.45 bits per heavy atom. The van der Waals surface area contributed by atoms with Crippen LogP contribution in [0.25, 0.3) is 5.00 Å². The summed E-state index contributed by atoms with van der Waals surface area (Å²) in [6.07, 6.45) is 5.43. The van der Waals surface area contributed by atoms with Crippen molar-refractivity contribution >= 4 is 27.3 Å². The van der Waals surface area contributed by atoms with E-state index in [1.165, 1.54) is 0 Å². The van der Waals surface area contributed by atoms with Crippen molar-refractivity contribution < 1.29 is 0 Å². The zero-order chi connectivity index (χ0) is 7.68. The summed E-state index contributed by atoms with van der Waals surface area (Å²) in [5.74, 6) is 0. The van der Waals surface area contributed by atoms with Crippen LogP contribution in [0.15, 0.2) is 28.6 Å². The van der Waals surface area contributed by atoms with Gasteiger partial charge in [0.1, 0.15) is 5.00 Å². The molecule has 0 aliphatic rings. The van der Waals surface area contributed by atoms with E-state index in [4.69, 9.17) is 0 Å². The van der Waals surface area contributed by atoms with Crippen LogP contribution >= 0.6 is 27.3 Å². The van der Waals surface area contributed by atoms with Crippen molar-refractivity contribution in [3.05, 3.63) is 28.6 Å². The van der Waals surface area contributed by atoms with Gasteiger partial charge in [-0.1, -0.05) is 0 Å². The monoisotopic (exact) mass is 229 g/mol. The Morgan fingerprint density at radius 2 is 2.36 bits per heavy atom. The standard InChI is InChI=1S/C6H4BrN3S/c7-5-1-9-10(3-5)6-2-8-4-11-6/h1-4H. The van der Waals surface area contributed by atoms with Crippen molar-refractivity contribution in [1.82, 2.24) is 14.8 Å². The maximum atomic E-state index is 4.10. The molecule has 0 saturated carbocycles. The molecule has 2 aromatic heterocycles. The van der Waals surface area contributed by atoms with E-state index in [1.807, 2.05) is 6.20 Å². The first-order valence-electron chi connectivity index (χ1n) is 2.95. The summed E-state index contributed by atoms with van der Waals surface area (Å²) in [6, 6.07) is 0. The van der Waals surface area contributed by atoms with E-state index in [2.05, 4.69) is 26.0 Å². The van der Waals surface area contributed by atoms with Crippen LogP contribution in [-0.4, -0.2) is 14.8 Å². The first kappa shape index (κ1) is 7.00. The van der Waals surface area contributed by atoms with E-state index < -0.39 is 0 Å². The molecule has 2 aromatic rings. The Labute approximate surface area is 75.8 Å². The molecule has 0 atom stereocenters. The van der Waals surface area contributed by atoms with Gasteiger partial charge in [-0.05, 0) is 15.9 Å². The highest BCUT2D eigenvalue weighted by atomic mass is 79.9. The number of aromatic nitrogens is 3. The summed E-state index contributed by atoms with van der Waals surface area (Å²) in [5.41, 5.74) is 1.78. The number of hydrogen-bond acceptors (Lipinski definition) is 3. The van der Waals surface area contributed by atoms with Gasteiger partial charge in [-0.15, -0.1) is 11.3 Å². The topological polar surface area (TPSA) is 30.7 Å².